The van der Waals surface area contributed by atoms with Crippen LogP contribution in [0.2, 0.25) is 0 Å². The highest BCUT2D eigenvalue weighted by molar-refractivity contribution is 7.15. The maximum absolute atomic E-state index is 12.1. The Morgan fingerprint density at radius 1 is 1.32 bits per heavy atom. The zero-order valence-corrected chi connectivity index (χ0v) is 13.0. The highest BCUT2D eigenvalue weighted by Gasteiger charge is 2.11. The second-order valence-electron chi connectivity index (χ2n) is 4.59. The monoisotopic (exact) mass is 317 g/mol. The smallest absolute Gasteiger partial charge is 0.271 e. The number of benzene rings is 1. The zero-order chi connectivity index (χ0) is 15.5. The van der Waals surface area contributed by atoms with Crippen LogP contribution in [0.1, 0.15) is 16.1 Å². The van der Waals surface area contributed by atoms with E-state index in [-0.39, 0.29) is 5.91 Å². The Morgan fingerprint density at radius 2 is 2.14 bits per heavy atom. The van der Waals surface area contributed by atoms with Gasteiger partial charge in [0.1, 0.15) is 5.69 Å². The quantitative estimate of drug-likeness (QED) is 0.784. The number of ether oxygens (including phenoxy) is 2. The summed E-state index contributed by atoms with van der Waals surface area (Å²) < 4.78 is 12.3. The van der Waals surface area contributed by atoms with Gasteiger partial charge in [0.25, 0.3) is 5.91 Å². The number of aromatic nitrogens is 2. The SMILES string of the molecule is COc1ccc(CNC(=O)c2cn3ccsc3n2)cc1OC. The largest absolute Gasteiger partial charge is 0.493 e. The fourth-order valence-corrected chi connectivity index (χ4v) is 2.80. The number of carbonyl (C=O) groups excluding carboxylic acids is 1. The van der Waals surface area contributed by atoms with Crippen LogP contribution in [0.15, 0.2) is 36.0 Å². The van der Waals surface area contributed by atoms with E-state index in [2.05, 4.69) is 10.3 Å². The molecule has 0 bridgehead atoms. The van der Waals surface area contributed by atoms with Crippen molar-refractivity contribution in [3.05, 3.63) is 47.2 Å². The van der Waals surface area contributed by atoms with E-state index in [4.69, 9.17) is 9.47 Å². The lowest BCUT2D eigenvalue weighted by molar-refractivity contribution is 0.0946. The van der Waals surface area contributed by atoms with Crippen molar-refractivity contribution in [2.24, 2.45) is 0 Å². The molecule has 0 unspecified atom stereocenters. The van der Waals surface area contributed by atoms with Gasteiger partial charge in [-0.2, -0.15) is 0 Å². The summed E-state index contributed by atoms with van der Waals surface area (Å²) in [6.07, 6.45) is 3.59. The van der Waals surface area contributed by atoms with Crippen LogP contribution in [0, 0.1) is 0 Å². The van der Waals surface area contributed by atoms with E-state index in [0.717, 1.165) is 10.5 Å². The van der Waals surface area contributed by atoms with Gasteiger partial charge in [-0.1, -0.05) is 6.07 Å². The van der Waals surface area contributed by atoms with E-state index in [1.165, 1.54) is 11.3 Å². The molecule has 1 aromatic carbocycles. The molecule has 0 fully saturated rings. The molecule has 1 N–H and O–H groups in total. The van der Waals surface area contributed by atoms with Crippen molar-refractivity contribution in [3.63, 3.8) is 0 Å². The number of hydrogen-bond acceptors (Lipinski definition) is 5. The minimum absolute atomic E-state index is 0.203. The molecule has 0 saturated carbocycles. The number of rotatable bonds is 5. The van der Waals surface area contributed by atoms with Gasteiger partial charge >= 0.3 is 0 Å². The predicted molar refractivity (Wildman–Crippen MR) is 83.8 cm³/mol. The molecule has 0 saturated heterocycles. The lowest BCUT2D eigenvalue weighted by atomic mass is 10.2. The number of thiazole rings is 1. The normalized spacial score (nSPS) is 10.6. The number of methoxy groups -OCH3 is 2. The number of nitrogens with zero attached hydrogens (tertiary/aromatic N) is 2. The Kier molecular flexibility index (Phi) is 3.97. The van der Waals surface area contributed by atoms with Crippen LogP contribution in [0.5, 0.6) is 11.5 Å². The fourth-order valence-electron chi connectivity index (χ4n) is 2.10. The molecule has 2 heterocycles. The Labute approximate surface area is 131 Å². The number of carbonyl (C=O) groups is 1. The molecule has 0 atom stereocenters. The number of nitrogens with one attached hydrogen (secondary N) is 1. The Morgan fingerprint density at radius 3 is 2.86 bits per heavy atom. The number of hydrogen-bond donors (Lipinski definition) is 1. The third-order valence-electron chi connectivity index (χ3n) is 3.23. The molecule has 1 amide bonds. The summed E-state index contributed by atoms with van der Waals surface area (Å²) in [5, 5.41) is 4.77. The second kappa shape index (κ2) is 6.07. The molecule has 2 aromatic heterocycles. The highest BCUT2D eigenvalue weighted by Crippen LogP contribution is 2.27. The molecule has 0 aliphatic carbocycles. The highest BCUT2D eigenvalue weighted by atomic mass is 32.1. The lowest BCUT2D eigenvalue weighted by Crippen LogP contribution is -2.23. The van der Waals surface area contributed by atoms with Gasteiger partial charge in [-0.15, -0.1) is 11.3 Å². The lowest BCUT2D eigenvalue weighted by Gasteiger charge is -2.10. The van der Waals surface area contributed by atoms with Crippen LogP contribution in [-0.4, -0.2) is 29.5 Å². The van der Waals surface area contributed by atoms with Crippen LogP contribution < -0.4 is 14.8 Å². The number of imidazole rings is 1. The van der Waals surface area contributed by atoms with Crippen molar-refractivity contribution in [2.45, 2.75) is 6.54 Å². The molecule has 0 aliphatic rings. The topological polar surface area (TPSA) is 64.9 Å². The second-order valence-corrected chi connectivity index (χ2v) is 5.46. The maximum atomic E-state index is 12.1. The Bertz CT molecular complexity index is 781. The van der Waals surface area contributed by atoms with Crippen molar-refractivity contribution in [3.8, 4) is 11.5 Å². The van der Waals surface area contributed by atoms with Gasteiger partial charge in [-0.25, -0.2) is 4.98 Å². The fraction of sp³-hybridized carbons (Fsp3) is 0.200. The third-order valence-corrected chi connectivity index (χ3v) is 4.00. The van der Waals surface area contributed by atoms with E-state index in [1.54, 1.807) is 20.4 Å². The summed E-state index contributed by atoms with van der Waals surface area (Å²) in [5.41, 5.74) is 1.33. The predicted octanol–water partition coefficient (Wildman–Crippen LogP) is 2.34. The summed E-state index contributed by atoms with van der Waals surface area (Å²) in [6.45, 7) is 0.393. The summed E-state index contributed by atoms with van der Waals surface area (Å²) in [6, 6.07) is 5.53. The van der Waals surface area contributed by atoms with E-state index in [9.17, 15) is 4.79 Å². The summed E-state index contributed by atoms with van der Waals surface area (Å²) in [7, 11) is 3.17. The minimum atomic E-state index is -0.203. The van der Waals surface area contributed by atoms with E-state index >= 15 is 0 Å². The summed E-state index contributed by atoms with van der Waals surface area (Å²) >= 11 is 1.49. The molecule has 3 aromatic rings. The molecule has 6 nitrogen and oxygen atoms in total. The minimum Gasteiger partial charge on any atom is -0.493 e. The van der Waals surface area contributed by atoms with Crippen LogP contribution in [0.3, 0.4) is 0 Å². The van der Waals surface area contributed by atoms with Gasteiger partial charge in [-0.05, 0) is 17.7 Å². The molecule has 114 valence electrons. The van der Waals surface area contributed by atoms with E-state index < -0.39 is 0 Å². The molecular weight excluding hydrogens is 302 g/mol. The molecule has 3 rings (SSSR count). The average molecular weight is 317 g/mol. The first-order valence-corrected chi connectivity index (χ1v) is 7.50. The maximum Gasteiger partial charge on any atom is 0.271 e. The van der Waals surface area contributed by atoms with Gasteiger partial charge in [0.05, 0.1) is 14.2 Å². The van der Waals surface area contributed by atoms with Crippen molar-refractivity contribution >= 4 is 22.2 Å². The van der Waals surface area contributed by atoms with Crippen LogP contribution in [0.4, 0.5) is 0 Å². The molecule has 22 heavy (non-hydrogen) atoms. The van der Waals surface area contributed by atoms with Crippen LogP contribution >= 0.6 is 11.3 Å². The molecular formula is C15H15N3O3S. The first kappa shape index (κ1) is 14.4. The van der Waals surface area contributed by atoms with Crippen LogP contribution in [0.25, 0.3) is 4.96 Å². The van der Waals surface area contributed by atoms with Crippen molar-refractivity contribution in [1.29, 1.82) is 0 Å². The van der Waals surface area contributed by atoms with Gasteiger partial charge in [0.2, 0.25) is 0 Å². The molecule has 0 aliphatic heterocycles. The number of amides is 1. The van der Waals surface area contributed by atoms with Gasteiger partial charge < -0.3 is 14.8 Å². The van der Waals surface area contributed by atoms with Crippen LogP contribution in [-0.2, 0) is 6.54 Å². The van der Waals surface area contributed by atoms with Gasteiger partial charge in [-0.3, -0.25) is 9.20 Å². The summed E-state index contributed by atoms with van der Waals surface area (Å²) in [5.74, 6) is 1.09. The molecule has 0 radical (unpaired) electrons. The zero-order valence-electron chi connectivity index (χ0n) is 12.2. The first-order chi connectivity index (χ1) is 10.7. The molecule has 0 spiro atoms. The van der Waals surface area contributed by atoms with Crippen molar-refractivity contribution < 1.29 is 14.3 Å². The first-order valence-electron chi connectivity index (χ1n) is 6.62. The summed E-state index contributed by atoms with van der Waals surface area (Å²) in [4.78, 5) is 17.2. The van der Waals surface area contributed by atoms with Crippen molar-refractivity contribution in [1.82, 2.24) is 14.7 Å². The standard InChI is InChI=1S/C15H15N3O3S/c1-20-12-4-3-10(7-13(12)21-2)8-16-14(19)11-9-18-5-6-22-15(18)17-11/h3-7,9H,8H2,1-2H3,(H,16,19). The van der Waals surface area contributed by atoms with Gasteiger partial charge in [0.15, 0.2) is 16.5 Å². The Balaban J connectivity index is 1.69. The van der Waals surface area contributed by atoms with E-state index in [1.807, 2.05) is 34.2 Å². The molecule has 7 heteroatoms. The average Bonchev–Trinajstić information content (AvgIpc) is 3.13. The van der Waals surface area contributed by atoms with Crippen molar-refractivity contribution in [2.75, 3.05) is 14.2 Å². The van der Waals surface area contributed by atoms with E-state index in [0.29, 0.717) is 23.7 Å². The number of fused-ring (bicyclic) bond motifs is 1. The Hall–Kier alpha value is -2.54. The van der Waals surface area contributed by atoms with Gasteiger partial charge in [0, 0.05) is 24.3 Å². The third kappa shape index (κ3) is 2.75.